The van der Waals surface area contributed by atoms with Crippen molar-refractivity contribution in [2.24, 2.45) is 5.92 Å². The molecule has 0 spiro atoms. The van der Waals surface area contributed by atoms with E-state index >= 15 is 0 Å². The van der Waals surface area contributed by atoms with Crippen molar-refractivity contribution < 1.29 is 22.8 Å². The lowest BCUT2D eigenvalue weighted by Crippen LogP contribution is -2.55. The molecule has 1 atom stereocenters. The summed E-state index contributed by atoms with van der Waals surface area (Å²) in [4.78, 5) is 11.4. The Morgan fingerprint density at radius 3 is 2.42 bits per heavy atom. The van der Waals surface area contributed by atoms with Crippen LogP contribution in [0.4, 0.5) is 0 Å². The topological polar surface area (TPSA) is 63.6 Å². The molecule has 0 saturated carbocycles. The second-order valence-corrected chi connectivity index (χ2v) is 6.70. The van der Waals surface area contributed by atoms with Gasteiger partial charge in [-0.05, 0) is 19.3 Å². The standard InChI is InChI=1S/C13H25NO4S/c1-12(2)13(15)18-10-8-14(9-11-19(16)17)6-4-3-5-7-14/h12H,3-11H2,1-2H3/p+1. The Labute approximate surface area is 118 Å². The third-order valence-corrected chi connectivity index (χ3v) is 4.32. The molecule has 6 heteroatoms. The molecule has 1 fully saturated rings. The van der Waals surface area contributed by atoms with Gasteiger partial charge in [0, 0.05) is 0 Å². The molecule has 0 aromatic carbocycles. The summed E-state index contributed by atoms with van der Waals surface area (Å²) in [6.45, 7) is 7.56. The van der Waals surface area contributed by atoms with E-state index in [1.807, 2.05) is 13.8 Å². The second kappa shape index (κ2) is 7.97. The van der Waals surface area contributed by atoms with Crippen molar-refractivity contribution in [2.45, 2.75) is 33.1 Å². The van der Waals surface area contributed by atoms with Crippen LogP contribution in [0, 0.1) is 5.92 Å². The molecule has 1 heterocycles. The minimum absolute atomic E-state index is 0.0975. The highest BCUT2D eigenvalue weighted by atomic mass is 32.2. The highest BCUT2D eigenvalue weighted by Gasteiger charge is 2.30. The molecule has 5 nitrogen and oxygen atoms in total. The summed E-state index contributed by atoms with van der Waals surface area (Å²) in [5.74, 6) is 0.0404. The molecule has 1 unspecified atom stereocenters. The van der Waals surface area contributed by atoms with Gasteiger partial charge in [0.15, 0.2) is 11.1 Å². The molecular formula is C13H26NO4S+. The van der Waals surface area contributed by atoms with Crippen LogP contribution >= 0.6 is 0 Å². The molecule has 1 aliphatic heterocycles. The van der Waals surface area contributed by atoms with Crippen LogP contribution in [0.3, 0.4) is 0 Å². The maximum Gasteiger partial charge on any atom is 0.308 e. The normalized spacial score (nSPS) is 20.2. The molecule has 112 valence electrons. The number of nitrogens with zero attached hydrogens (tertiary/aromatic N) is 1. The fraction of sp³-hybridized carbons (Fsp3) is 0.923. The lowest BCUT2D eigenvalue weighted by atomic mass is 10.1. The van der Waals surface area contributed by atoms with Crippen LogP contribution in [0.1, 0.15) is 33.1 Å². The lowest BCUT2D eigenvalue weighted by molar-refractivity contribution is -0.930. The van der Waals surface area contributed by atoms with Crippen LogP contribution in [-0.4, -0.2) is 57.8 Å². The maximum absolute atomic E-state index is 11.4. The number of carbonyl (C=O) groups is 1. The number of hydrogen-bond donors (Lipinski definition) is 1. The highest BCUT2D eigenvalue weighted by Crippen LogP contribution is 2.18. The number of likely N-dealkylation sites (tertiary alicyclic amines) is 1. The van der Waals surface area contributed by atoms with Crippen molar-refractivity contribution in [1.82, 2.24) is 0 Å². The Kier molecular flexibility index (Phi) is 6.96. The Morgan fingerprint density at radius 1 is 1.26 bits per heavy atom. The zero-order valence-electron chi connectivity index (χ0n) is 12.0. The van der Waals surface area contributed by atoms with Crippen molar-refractivity contribution in [3.8, 4) is 0 Å². The smallest absolute Gasteiger partial charge is 0.308 e. The van der Waals surface area contributed by atoms with E-state index in [1.54, 1.807) is 0 Å². The second-order valence-electron chi connectivity index (χ2n) is 5.64. The molecule has 1 aliphatic rings. The molecule has 19 heavy (non-hydrogen) atoms. The predicted molar refractivity (Wildman–Crippen MR) is 75.0 cm³/mol. The Hall–Kier alpha value is -0.460. The predicted octanol–water partition coefficient (Wildman–Crippen LogP) is 1.41. The van der Waals surface area contributed by atoms with Crippen molar-refractivity contribution in [3.63, 3.8) is 0 Å². The molecular weight excluding hydrogens is 266 g/mol. The molecule has 0 amide bonds. The van der Waals surface area contributed by atoms with E-state index in [2.05, 4.69) is 0 Å². The first-order valence-electron chi connectivity index (χ1n) is 7.04. The molecule has 0 radical (unpaired) electrons. The van der Waals surface area contributed by atoms with E-state index in [9.17, 15) is 9.00 Å². The summed E-state index contributed by atoms with van der Waals surface area (Å²) in [5, 5.41) is 0. The van der Waals surface area contributed by atoms with Crippen LogP contribution in [0.25, 0.3) is 0 Å². The summed E-state index contributed by atoms with van der Waals surface area (Å²) in [6.07, 6.45) is 3.53. The minimum Gasteiger partial charge on any atom is -0.459 e. The first-order valence-corrected chi connectivity index (χ1v) is 8.32. The number of piperidine rings is 1. The minimum atomic E-state index is -1.74. The zero-order valence-corrected chi connectivity index (χ0v) is 12.8. The maximum atomic E-state index is 11.4. The average Bonchev–Trinajstić information content (AvgIpc) is 2.37. The summed E-state index contributed by atoms with van der Waals surface area (Å²) < 4.78 is 25.9. The van der Waals surface area contributed by atoms with Gasteiger partial charge in [-0.1, -0.05) is 13.8 Å². The van der Waals surface area contributed by atoms with E-state index in [4.69, 9.17) is 9.29 Å². The molecule has 0 aromatic rings. The van der Waals surface area contributed by atoms with Crippen LogP contribution in [-0.2, 0) is 20.6 Å². The Bertz CT molecular complexity index is 314. The van der Waals surface area contributed by atoms with E-state index in [0.29, 0.717) is 18.9 Å². The van der Waals surface area contributed by atoms with Gasteiger partial charge in [-0.25, -0.2) is 4.21 Å². The fourth-order valence-corrected chi connectivity index (χ4v) is 3.06. The SMILES string of the molecule is CC(C)C(=O)OCC[N+]1(CCS(=O)O)CCCCC1. The summed E-state index contributed by atoms with van der Waals surface area (Å²) in [6, 6.07) is 0. The molecule has 1 saturated heterocycles. The van der Waals surface area contributed by atoms with Gasteiger partial charge in [-0.3, -0.25) is 4.79 Å². The number of hydrogen-bond acceptors (Lipinski definition) is 3. The van der Waals surface area contributed by atoms with Crippen LogP contribution in [0.2, 0.25) is 0 Å². The monoisotopic (exact) mass is 292 g/mol. The molecule has 1 rings (SSSR count). The van der Waals surface area contributed by atoms with E-state index in [1.165, 1.54) is 6.42 Å². The number of esters is 1. The van der Waals surface area contributed by atoms with Gasteiger partial charge in [0.1, 0.15) is 13.2 Å². The first-order chi connectivity index (χ1) is 8.95. The largest absolute Gasteiger partial charge is 0.459 e. The van der Waals surface area contributed by atoms with Gasteiger partial charge >= 0.3 is 5.97 Å². The summed E-state index contributed by atoms with van der Waals surface area (Å²) in [7, 11) is 0. The van der Waals surface area contributed by atoms with Gasteiger partial charge in [-0.15, -0.1) is 0 Å². The quantitative estimate of drug-likeness (QED) is 0.438. The van der Waals surface area contributed by atoms with Gasteiger partial charge in [0.05, 0.1) is 31.3 Å². The zero-order chi connectivity index (χ0) is 14.3. The van der Waals surface area contributed by atoms with Gasteiger partial charge in [0.2, 0.25) is 0 Å². The van der Waals surface area contributed by atoms with Crippen molar-refractivity contribution in [3.05, 3.63) is 0 Å². The Morgan fingerprint density at radius 2 is 1.89 bits per heavy atom. The number of ether oxygens (including phenoxy) is 1. The number of quaternary nitrogens is 1. The van der Waals surface area contributed by atoms with Crippen molar-refractivity contribution in [1.29, 1.82) is 0 Å². The summed E-state index contributed by atoms with van der Waals surface area (Å²) in [5.41, 5.74) is 0. The molecule has 0 bridgehead atoms. The van der Waals surface area contributed by atoms with E-state index in [-0.39, 0.29) is 11.9 Å². The molecule has 0 aromatic heterocycles. The van der Waals surface area contributed by atoms with Gasteiger partial charge < -0.3 is 13.8 Å². The van der Waals surface area contributed by atoms with Crippen molar-refractivity contribution in [2.75, 3.05) is 38.5 Å². The fourth-order valence-electron chi connectivity index (χ4n) is 2.52. The summed E-state index contributed by atoms with van der Waals surface area (Å²) >= 11 is -1.74. The lowest BCUT2D eigenvalue weighted by Gasteiger charge is -2.41. The van der Waals surface area contributed by atoms with Crippen LogP contribution < -0.4 is 0 Å². The third-order valence-electron chi connectivity index (χ3n) is 3.79. The highest BCUT2D eigenvalue weighted by molar-refractivity contribution is 7.79. The average molecular weight is 292 g/mol. The first kappa shape index (κ1) is 16.6. The number of rotatable bonds is 7. The van der Waals surface area contributed by atoms with Gasteiger partial charge in [0.25, 0.3) is 0 Å². The molecule has 0 aliphatic carbocycles. The molecule has 1 N–H and O–H groups in total. The third kappa shape index (κ3) is 6.01. The van der Waals surface area contributed by atoms with Gasteiger partial charge in [-0.2, -0.15) is 0 Å². The number of carbonyl (C=O) groups excluding carboxylic acids is 1. The van der Waals surface area contributed by atoms with Crippen molar-refractivity contribution >= 4 is 17.0 Å². The van der Waals surface area contributed by atoms with E-state index in [0.717, 1.165) is 37.0 Å². The van der Waals surface area contributed by atoms with Crippen LogP contribution in [0.5, 0.6) is 0 Å². The van der Waals surface area contributed by atoms with E-state index < -0.39 is 11.1 Å². The Balaban J connectivity index is 2.45. The van der Waals surface area contributed by atoms with Crippen LogP contribution in [0.15, 0.2) is 0 Å².